The smallest absolute Gasteiger partial charge is 0.406 e. The summed E-state index contributed by atoms with van der Waals surface area (Å²) < 4.78 is 39.8. The molecule has 0 amide bonds. The van der Waals surface area contributed by atoms with Crippen molar-refractivity contribution in [3.8, 4) is 5.75 Å². The molecule has 0 aliphatic carbocycles. The first-order valence-electron chi connectivity index (χ1n) is 5.10. The molecule has 1 N–H and O–H groups in total. The Morgan fingerprint density at radius 3 is 2.65 bits per heavy atom. The Bertz CT molecular complexity index is 395. The van der Waals surface area contributed by atoms with Gasteiger partial charge < -0.3 is 10.1 Å². The molecule has 0 fully saturated rings. The molecule has 0 heterocycles. The monoisotopic (exact) mass is 245 g/mol. The fraction of sp³-hybridized carbons (Fsp3) is 0.333. The van der Waals surface area contributed by atoms with Gasteiger partial charge in [-0.15, -0.1) is 13.2 Å². The molecule has 0 radical (unpaired) electrons. The molecule has 1 rings (SSSR count). The predicted molar refractivity (Wildman–Crippen MR) is 61.0 cm³/mol. The van der Waals surface area contributed by atoms with Crippen LogP contribution in [0.2, 0.25) is 0 Å². The molecular weight excluding hydrogens is 231 g/mol. The van der Waals surface area contributed by atoms with Crippen molar-refractivity contribution < 1.29 is 17.9 Å². The van der Waals surface area contributed by atoms with Gasteiger partial charge in [0.25, 0.3) is 0 Å². The summed E-state index contributed by atoms with van der Waals surface area (Å²) in [6.45, 7) is 4.47. The minimum atomic E-state index is -4.65. The first kappa shape index (κ1) is 13.4. The summed E-state index contributed by atoms with van der Waals surface area (Å²) in [4.78, 5) is 0. The minimum Gasteiger partial charge on any atom is -0.406 e. The Labute approximate surface area is 98.1 Å². The quantitative estimate of drug-likeness (QED) is 0.810. The van der Waals surface area contributed by atoms with Crippen molar-refractivity contribution in [1.29, 1.82) is 0 Å². The summed E-state index contributed by atoms with van der Waals surface area (Å²) >= 11 is 0. The van der Waals surface area contributed by atoms with Crippen molar-refractivity contribution in [2.24, 2.45) is 0 Å². The Balaban J connectivity index is 2.63. The summed E-state index contributed by atoms with van der Waals surface area (Å²) in [7, 11) is 0. The van der Waals surface area contributed by atoms with Crippen molar-refractivity contribution in [2.75, 3.05) is 11.9 Å². The zero-order valence-corrected chi connectivity index (χ0v) is 9.64. The second-order valence-corrected chi connectivity index (χ2v) is 3.74. The lowest BCUT2D eigenvalue weighted by Crippen LogP contribution is -2.17. The molecule has 5 heteroatoms. The van der Waals surface area contributed by atoms with Crippen LogP contribution in [-0.4, -0.2) is 12.9 Å². The molecule has 1 aromatic rings. The standard InChI is InChI=1S/C12H14F3NO/c1-9(2)6-7-16-10-4-3-5-11(8-10)17-12(13,14)15/h3-6,8,16H,7H2,1-2H3. The van der Waals surface area contributed by atoms with E-state index in [4.69, 9.17) is 0 Å². The lowest BCUT2D eigenvalue weighted by Gasteiger charge is -2.10. The van der Waals surface area contributed by atoms with Gasteiger partial charge in [0.15, 0.2) is 0 Å². The number of ether oxygens (including phenoxy) is 1. The van der Waals surface area contributed by atoms with Crippen LogP contribution in [0.1, 0.15) is 13.8 Å². The van der Waals surface area contributed by atoms with E-state index in [9.17, 15) is 13.2 Å². The third kappa shape index (κ3) is 5.85. The topological polar surface area (TPSA) is 21.3 Å². The molecule has 0 unspecified atom stereocenters. The van der Waals surface area contributed by atoms with Crippen LogP contribution in [0.25, 0.3) is 0 Å². The van der Waals surface area contributed by atoms with Crippen molar-refractivity contribution in [2.45, 2.75) is 20.2 Å². The number of rotatable bonds is 4. The molecule has 0 saturated heterocycles. The number of hydrogen-bond donors (Lipinski definition) is 1. The normalized spacial score (nSPS) is 10.9. The average molecular weight is 245 g/mol. The highest BCUT2D eigenvalue weighted by Crippen LogP contribution is 2.24. The molecular formula is C12H14F3NO. The maximum atomic E-state index is 12.0. The predicted octanol–water partition coefficient (Wildman–Crippen LogP) is 3.96. The molecule has 0 bridgehead atoms. The van der Waals surface area contributed by atoms with Gasteiger partial charge in [-0.25, -0.2) is 0 Å². The largest absolute Gasteiger partial charge is 0.573 e. The average Bonchev–Trinajstić information content (AvgIpc) is 2.14. The SMILES string of the molecule is CC(C)=CCNc1cccc(OC(F)(F)F)c1. The number of hydrogen-bond acceptors (Lipinski definition) is 2. The fourth-order valence-corrected chi connectivity index (χ4v) is 1.18. The second-order valence-electron chi connectivity index (χ2n) is 3.74. The lowest BCUT2D eigenvalue weighted by atomic mass is 10.3. The van der Waals surface area contributed by atoms with Crippen molar-refractivity contribution in [1.82, 2.24) is 0 Å². The van der Waals surface area contributed by atoms with E-state index in [1.807, 2.05) is 19.9 Å². The summed E-state index contributed by atoms with van der Waals surface area (Å²) in [5, 5.41) is 2.98. The lowest BCUT2D eigenvalue weighted by molar-refractivity contribution is -0.274. The van der Waals surface area contributed by atoms with E-state index in [-0.39, 0.29) is 5.75 Å². The molecule has 0 atom stereocenters. The highest BCUT2D eigenvalue weighted by Gasteiger charge is 2.31. The summed E-state index contributed by atoms with van der Waals surface area (Å²) in [6, 6.07) is 5.76. The summed E-state index contributed by atoms with van der Waals surface area (Å²) in [6.07, 6.45) is -2.71. The van der Waals surface area contributed by atoms with Gasteiger partial charge in [0.2, 0.25) is 0 Å². The Morgan fingerprint density at radius 2 is 2.06 bits per heavy atom. The van der Waals surface area contributed by atoms with E-state index >= 15 is 0 Å². The highest BCUT2D eigenvalue weighted by atomic mass is 19.4. The van der Waals surface area contributed by atoms with Crippen LogP contribution in [0.3, 0.4) is 0 Å². The molecule has 0 aliphatic heterocycles. The summed E-state index contributed by atoms with van der Waals surface area (Å²) in [5.41, 5.74) is 1.73. The molecule has 0 aromatic heterocycles. The first-order valence-corrected chi connectivity index (χ1v) is 5.10. The number of anilines is 1. The first-order chi connectivity index (χ1) is 7.87. The zero-order valence-electron chi connectivity index (χ0n) is 9.64. The van der Waals surface area contributed by atoms with Crippen LogP contribution < -0.4 is 10.1 Å². The van der Waals surface area contributed by atoms with Gasteiger partial charge in [0, 0.05) is 18.3 Å². The van der Waals surface area contributed by atoms with Gasteiger partial charge in [0.05, 0.1) is 0 Å². The molecule has 2 nitrogen and oxygen atoms in total. The van der Waals surface area contributed by atoms with Gasteiger partial charge in [-0.3, -0.25) is 0 Å². The van der Waals surface area contributed by atoms with Gasteiger partial charge in [0.1, 0.15) is 5.75 Å². The third-order valence-corrected chi connectivity index (χ3v) is 1.88. The molecule has 17 heavy (non-hydrogen) atoms. The molecule has 0 spiro atoms. The molecule has 1 aromatic carbocycles. The van der Waals surface area contributed by atoms with E-state index < -0.39 is 6.36 Å². The van der Waals surface area contributed by atoms with Crippen molar-refractivity contribution >= 4 is 5.69 Å². The van der Waals surface area contributed by atoms with Crippen molar-refractivity contribution in [3.63, 3.8) is 0 Å². The molecule has 0 saturated carbocycles. The van der Waals surface area contributed by atoms with Crippen LogP contribution in [0.5, 0.6) is 5.75 Å². The van der Waals surface area contributed by atoms with E-state index in [2.05, 4.69) is 10.1 Å². The number of halogens is 3. The van der Waals surface area contributed by atoms with Gasteiger partial charge in [-0.1, -0.05) is 17.7 Å². The van der Waals surface area contributed by atoms with E-state index in [0.29, 0.717) is 12.2 Å². The minimum absolute atomic E-state index is 0.222. The van der Waals surface area contributed by atoms with Crippen LogP contribution >= 0.6 is 0 Å². The van der Waals surface area contributed by atoms with E-state index in [1.165, 1.54) is 18.2 Å². The fourth-order valence-electron chi connectivity index (χ4n) is 1.18. The Morgan fingerprint density at radius 1 is 1.35 bits per heavy atom. The number of allylic oxidation sites excluding steroid dienone is 1. The number of benzene rings is 1. The Hall–Kier alpha value is -1.65. The zero-order chi connectivity index (χ0) is 12.9. The van der Waals surface area contributed by atoms with E-state index in [0.717, 1.165) is 5.57 Å². The maximum absolute atomic E-state index is 12.0. The Kier molecular flexibility index (Phi) is 4.43. The highest BCUT2D eigenvalue weighted by molar-refractivity contribution is 5.48. The third-order valence-electron chi connectivity index (χ3n) is 1.88. The van der Waals surface area contributed by atoms with Crippen LogP contribution in [-0.2, 0) is 0 Å². The number of alkyl halides is 3. The van der Waals surface area contributed by atoms with E-state index in [1.54, 1.807) is 6.07 Å². The maximum Gasteiger partial charge on any atom is 0.573 e. The van der Waals surface area contributed by atoms with Crippen LogP contribution in [0, 0.1) is 0 Å². The second kappa shape index (κ2) is 5.61. The van der Waals surface area contributed by atoms with Crippen LogP contribution in [0.4, 0.5) is 18.9 Å². The van der Waals surface area contributed by atoms with Gasteiger partial charge >= 0.3 is 6.36 Å². The van der Waals surface area contributed by atoms with Crippen LogP contribution in [0.15, 0.2) is 35.9 Å². The molecule has 0 aliphatic rings. The summed E-state index contributed by atoms with van der Waals surface area (Å²) in [5.74, 6) is -0.222. The molecule has 94 valence electrons. The number of nitrogens with one attached hydrogen (secondary N) is 1. The van der Waals surface area contributed by atoms with Crippen molar-refractivity contribution in [3.05, 3.63) is 35.9 Å². The van der Waals surface area contributed by atoms with Gasteiger partial charge in [-0.2, -0.15) is 0 Å². The van der Waals surface area contributed by atoms with Gasteiger partial charge in [-0.05, 0) is 26.0 Å².